The topological polar surface area (TPSA) is 101 Å². The first-order valence-corrected chi connectivity index (χ1v) is 12.1. The third kappa shape index (κ3) is 6.26. The van der Waals surface area contributed by atoms with Crippen LogP contribution in [0, 0.1) is 0 Å². The largest absolute Gasteiger partial charge is 0.457 e. The van der Waals surface area contributed by atoms with Crippen molar-refractivity contribution in [3.8, 4) is 0 Å². The molecule has 0 saturated carbocycles. The van der Waals surface area contributed by atoms with E-state index in [2.05, 4.69) is 4.74 Å². The lowest BCUT2D eigenvalue weighted by molar-refractivity contribution is -0.156. The maximum atomic E-state index is 13.2. The molecule has 0 rings (SSSR count). The fourth-order valence-electron chi connectivity index (χ4n) is 1.26. The van der Waals surface area contributed by atoms with Crippen molar-refractivity contribution in [2.45, 2.75) is 25.5 Å². The molecule has 0 aliphatic carbocycles. The van der Waals surface area contributed by atoms with E-state index in [0.717, 1.165) is 31.7 Å². The lowest BCUT2D eigenvalue weighted by Crippen LogP contribution is -2.38. The Morgan fingerprint density at radius 3 is 2.26 bits per heavy atom. The Balaban J connectivity index is 5.64. The van der Waals surface area contributed by atoms with Gasteiger partial charge >= 0.3 is 18.5 Å². The normalized spacial score (nSPS) is 15.8. The van der Waals surface area contributed by atoms with Gasteiger partial charge in [0, 0.05) is 19.3 Å². The number of halogens is 1. The first-order chi connectivity index (χ1) is 10.4. The van der Waals surface area contributed by atoms with Gasteiger partial charge in [-0.15, -0.1) is 15.7 Å². The molecule has 0 aromatic rings. The molecule has 0 spiro atoms. The van der Waals surface area contributed by atoms with Crippen molar-refractivity contribution >= 4 is 51.5 Å². The zero-order valence-corrected chi connectivity index (χ0v) is 17.0. The van der Waals surface area contributed by atoms with Crippen LogP contribution in [0.1, 0.15) is 20.3 Å². The maximum Gasteiger partial charge on any atom is 0.397 e. The second kappa shape index (κ2) is 9.27. The fraction of sp³-hybridized carbons (Fsp3) is 0.818. The Hall–Kier alpha value is -0.280. The molecule has 0 radical (unpaired) electrons. The summed E-state index contributed by atoms with van der Waals surface area (Å²) in [6.07, 6.45) is 1.48. The molecule has 8 nitrogen and oxygen atoms in total. The quantitative estimate of drug-likeness (QED) is 0.261. The van der Waals surface area contributed by atoms with Gasteiger partial charge in [0.05, 0.1) is 12.1 Å². The number of carbonyl (C=O) groups is 2. The Kier molecular flexibility index (Phi) is 9.15. The average molecular weight is 409 g/mol. The molecule has 0 aliphatic heterocycles. The van der Waals surface area contributed by atoms with Crippen LogP contribution in [0.15, 0.2) is 0 Å². The Morgan fingerprint density at radius 2 is 1.87 bits per heavy atom. The van der Waals surface area contributed by atoms with Gasteiger partial charge in [-0.2, -0.15) is 0 Å². The van der Waals surface area contributed by atoms with Gasteiger partial charge in [-0.3, -0.25) is 14.0 Å². The molecular formula is C11H22ClN2O6PS2. The van der Waals surface area contributed by atoms with Gasteiger partial charge in [0.25, 0.3) is 0 Å². The van der Waals surface area contributed by atoms with Gasteiger partial charge in [-0.25, -0.2) is 13.2 Å². The molecule has 1 amide bonds. The highest BCUT2D eigenvalue weighted by molar-refractivity contribution is 8.58. The molecule has 0 bridgehead atoms. The number of amides is 1. The monoisotopic (exact) mass is 408 g/mol. The number of carbonyl (C=O) groups excluding carboxylic acids is 2. The number of rotatable bonds is 8. The second-order valence-corrected chi connectivity index (χ2v) is 12.6. The SMILES string of the molecule is CCC(C)SP(=O)(N(C)C(=O)C(=O)OCCCl)N(C)S(C)(=O)=O. The summed E-state index contributed by atoms with van der Waals surface area (Å²) in [5.41, 5.74) is 0. The average Bonchev–Trinajstić information content (AvgIpc) is 2.48. The van der Waals surface area contributed by atoms with Crippen LogP contribution in [-0.2, 0) is 28.9 Å². The van der Waals surface area contributed by atoms with Crippen LogP contribution >= 0.6 is 29.6 Å². The summed E-state index contributed by atoms with van der Waals surface area (Å²) in [7, 11) is -1.63. The lowest BCUT2D eigenvalue weighted by Gasteiger charge is -2.33. The van der Waals surface area contributed by atoms with Crippen molar-refractivity contribution in [3.63, 3.8) is 0 Å². The Morgan fingerprint density at radius 1 is 1.35 bits per heavy atom. The van der Waals surface area contributed by atoms with E-state index in [9.17, 15) is 22.6 Å². The summed E-state index contributed by atoms with van der Waals surface area (Å²) in [5, 5.41) is -0.195. The van der Waals surface area contributed by atoms with Crippen molar-refractivity contribution in [2.75, 3.05) is 32.8 Å². The van der Waals surface area contributed by atoms with Crippen LogP contribution in [0.5, 0.6) is 0 Å². The lowest BCUT2D eigenvalue weighted by atomic mass is 10.4. The zero-order chi connectivity index (χ0) is 18.4. The van der Waals surface area contributed by atoms with Crippen molar-refractivity contribution in [1.82, 2.24) is 8.75 Å². The summed E-state index contributed by atoms with van der Waals surface area (Å²) in [5.74, 6) is -2.42. The van der Waals surface area contributed by atoms with E-state index < -0.39 is 28.5 Å². The first kappa shape index (κ1) is 22.7. The van der Waals surface area contributed by atoms with E-state index in [1.165, 1.54) is 0 Å². The number of nitrogens with zero attached hydrogens (tertiary/aromatic N) is 2. The summed E-state index contributed by atoms with van der Waals surface area (Å²) < 4.78 is 42.7. The molecule has 0 heterocycles. The smallest absolute Gasteiger partial charge is 0.397 e. The molecule has 23 heavy (non-hydrogen) atoms. The number of esters is 1. The highest BCUT2D eigenvalue weighted by Gasteiger charge is 2.44. The van der Waals surface area contributed by atoms with Crippen LogP contribution in [0.2, 0.25) is 0 Å². The molecule has 0 N–H and O–H groups in total. The molecular weight excluding hydrogens is 387 g/mol. The van der Waals surface area contributed by atoms with Crippen LogP contribution in [0.25, 0.3) is 0 Å². The number of hydrogen-bond donors (Lipinski definition) is 0. The van der Waals surface area contributed by atoms with Crippen molar-refractivity contribution in [3.05, 3.63) is 0 Å². The standard InChI is InChI=1S/C11H22ClN2O6PS2/c1-6-9(2)22-21(17,14(4)23(5,18)19)13(3)10(15)11(16)20-8-7-12/h9H,6-8H2,1-5H3. The molecule has 12 heteroatoms. The van der Waals surface area contributed by atoms with Crippen LogP contribution in [0.4, 0.5) is 0 Å². The van der Waals surface area contributed by atoms with Gasteiger partial charge in [-0.1, -0.05) is 25.2 Å². The molecule has 136 valence electrons. The van der Waals surface area contributed by atoms with Gasteiger partial charge in [0.15, 0.2) is 0 Å². The van der Waals surface area contributed by atoms with E-state index in [1.807, 2.05) is 6.92 Å². The van der Waals surface area contributed by atoms with Crippen molar-refractivity contribution in [1.29, 1.82) is 0 Å². The van der Waals surface area contributed by atoms with Gasteiger partial charge < -0.3 is 4.74 Å². The molecule has 0 fully saturated rings. The summed E-state index contributed by atoms with van der Waals surface area (Å²) in [6, 6.07) is 0. The fourth-order valence-corrected chi connectivity index (χ4v) is 9.08. The minimum absolute atomic E-state index is 0.00521. The molecule has 2 unspecified atom stereocenters. The second-order valence-electron chi connectivity index (χ2n) is 4.67. The van der Waals surface area contributed by atoms with E-state index in [-0.39, 0.29) is 17.7 Å². The van der Waals surface area contributed by atoms with E-state index >= 15 is 0 Å². The highest BCUT2D eigenvalue weighted by Crippen LogP contribution is 2.65. The summed E-state index contributed by atoms with van der Waals surface area (Å²) in [4.78, 5) is 23.7. The molecule has 0 aromatic carbocycles. The van der Waals surface area contributed by atoms with Crippen LogP contribution < -0.4 is 0 Å². The highest BCUT2D eigenvalue weighted by atomic mass is 35.5. The maximum absolute atomic E-state index is 13.2. The van der Waals surface area contributed by atoms with E-state index in [4.69, 9.17) is 11.6 Å². The zero-order valence-electron chi connectivity index (χ0n) is 13.7. The number of hydrogen-bond acceptors (Lipinski definition) is 7. The third-order valence-corrected chi connectivity index (χ3v) is 11.9. The van der Waals surface area contributed by atoms with Gasteiger partial charge in [0.2, 0.25) is 10.0 Å². The first-order valence-electron chi connectivity index (χ1n) is 6.65. The molecule has 0 saturated heterocycles. The Labute approximate surface area is 146 Å². The molecule has 0 aliphatic rings. The number of ether oxygens (including phenoxy) is 1. The van der Waals surface area contributed by atoms with E-state index in [1.54, 1.807) is 6.92 Å². The number of likely N-dealkylation sites (N-methyl/N-ethyl adjacent to an activating group) is 1. The number of sulfonamides is 1. The van der Waals surface area contributed by atoms with E-state index in [0.29, 0.717) is 15.2 Å². The third-order valence-electron chi connectivity index (χ3n) is 2.89. The Bertz CT molecular complexity index is 585. The predicted molar refractivity (Wildman–Crippen MR) is 92.0 cm³/mol. The van der Waals surface area contributed by atoms with Crippen molar-refractivity contribution < 1.29 is 27.3 Å². The van der Waals surface area contributed by atoms with Crippen molar-refractivity contribution in [2.24, 2.45) is 0 Å². The van der Waals surface area contributed by atoms with Gasteiger partial charge in [-0.05, 0) is 6.42 Å². The molecule has 0 aromatic heterocycles. The number of alkyl halides is 1. The predicted octanol–water partition coefficient (Wildman–Crippen LogP) is 1.76. The summed E-state index contributed by atoms with van der Waals surface area (Å²) >= 11 is 6.20. The molecule has 2 atom stereocenters. The van der Waals surface area contributed by atoms with Crippen LogP contribution in [-0.4, -0.2) is 67.1 Å². The minimum Gasteiger partial charge on any atom is -0.457 e. The van der Waals surface area contributed by atoms with Crippen LogP contribution in [0.3, 0.4) is 0 Å². The minimum atomic E-state index is -3.93. The summed E-state index contributed by atoms with van der Waals surface area (Å²) in [6.45, 7) is -0.522. The van der Waals surface area contributed by atoms with Gasteiger partial charge in [0.1, 0.15) is 6.61 Å².